The maximum absolute atomic E-state index is 9.40. The van der Waals surface area contributed by atoms with E-state index in [9.17, 15) is 5.26 Å². The third-order valence-corrected chi connectivity index (χ3v) is 4.45. The van der Waals surface area contributed by atoms with Crippen LogP contribution < -0.4 is 4.74 Å². The van der Waals surface area contributed by atoms with Gasteiger partial charge in [0.15, 0.2) is 5.65 Å². The summed E-state index contributed by atoms with van der Waals surface area (Å²) in [5.74, 6) is 0.491. The lowest BCUT2D eigenvalue weighted by Gasteiger charge is -2.16. The van der Waals surface area contributed by atoms with Crippen LogP contribution in [0.2, 0.25) is 0 Å². The molecule has 0 aliphatic carbocycles. The van der Waals surface area contributed by atoms with Crippen LogP contribution >= 0.6 is 15.9 Å². The van der Waals surface area contributed by atoms with Crippen molar-refractivity contribution in [2.45, 2.75) is 19.6 Å². The fraction of sp³-hybridized carbons (Fsp3) is 0.176. The van der Waals surface area contributed by atoms with Crippen LogP contribution in [0.15, 0.2) is 47.5 Å². The molecule has 0 saturated heterocycles. The van der Waals surface area contributed by atoms with E-state index in [-0.39, 0.29) is 6.10 Å². The van der Waals surface area contributed by atoms with Crippen molar-refractivity contribution in [3.05, 3.63) is 53.0 Å². The Labute approximate surface area is 162 Å². The lowest BCUT2D eigenvalue weighted by atomic mass is 10.1. The number of fused-ring (bicyclic) bond motifs is 1. The van der Waals surface area contributed by atoms with Gasteiger partial charge in [-0.3, -0.25) is 0 Å². The second kappa shape index (κ2) is 7.13. The molecule has 0 bridgehead atoms. The molecule has 1 atom stereocenters. The van der Waals surface area contributed by atoms with Gasteiger partial charge in [0.1, 0.15) is 24.3 Å². The molecule has 1 aromatic carbocycles. The van der Waals surface area contributed by atoms with Crippen LogP contribution in [0.1, 0.15) is 12.5 Å². The van der Waals surface area contributed by atoms with Crippen LogP contribution in [-0.4, -0.2) is 40.9 Å². The van der Waals surface area contributed by atoms with Crippen LogP contribution in [0.4, 0.5) is 0 Å². The molecule has 4 aromatic rings. The molecule has 0 unspecified atom stereocenters. The number of hydrogen-bond donors (Lipinski definition) is 0. The molecule has 10 heteroatoms. The van der Waals surface area contributed by atoms with E-state index in [4.69, 9.17) is 4.74 Å². The summed E-state index contributed by atoms with van der Waals surface area (Å²) >= 11 is 3.44. The minimum Gasteiger partial charge on any atom is -0.487 e. The summed E-state index contributed by atoms with van der Waals surface area (Å²) in [7, 11) is 0. The van der Waals surface area contributed by atoms with E-state index >= 15 is 0 Å². The average Bonchev–Trinajstić information content (AvgIpc) is 3.31. The minimum absolute atomic E-state index is 0.227. The largest absolute Gasteiger partial charge is 0.487 e. The fourth-order valence-corrected chi connectivity index (χ4v) is 3.02. The summed E-state index contributed by atoms with van der Waals surface area (Å²) < 4.78 is 10.0. The summed E-state index contributed by atoms with van der Waals surface area (Å²) in [6.45, 7) is 2.36. The zero-order chi connectivity index (χ0) is 18.8. The molecule has 0 fully saturated rings. The summed E-state index contributed by atoms with van der Waals surface area (Å²) in [4.78, 5) is 4.63. The molecule has 9 nitrogen and oxygen atoms in total. The van der Waals surface area contributed by atoms with E-state index in [0.717, 1.165) is 15.7 Å². The Hall–Kier alpha value is -3.32. The molecule has 0 spiro atoms. The van der Waals surface area contributed by atoms with Gasteiger partial charge in [-0.05, 0) is 51.5 Å². The summed E-state index contributed by atoms with van der Waals surface area (Å²) in [6, 6.07) is 9.42. The Morgan fingerprint density at radius 3 is 3.00 bits per heavy atom. The molecule has 0 aliphatic heterocycles. The molecule has 0 amide bonds. The predicted octanol–water partition coefficient (Wildman–Crippen LogP) is 2.48. The first kappa shape index (κ1) is 17.1. The third kappa shape index (κ3) is 3.50. The van der Waals surface area contributed by atoms with Gasteiger partial charge in [0.25, 0.3) is 0 Å². The van der Waals surface area contributed by atoms with Crippen LogP contribution in [-0.2, 0) is 6.54 Å². The molecule has 27 heavy (non-hydrogen) atoms. The first-order valence-electron chi connectivity index (χ1n) is 8.06. The normalized spacial score (nSPS) is 12.0. The van der Waals surface area contributed by atoms with Crippen molar-refractivity contribution in [1.82, 2.24) is 34.8 Å². The van der Waals surface area contributed by atoms with Crippen LogP contribution in [0.5, 0.6) is 5.75 Å². The second-order valence-corrected chi connectivity index (χ2v) is 6.71. The highest BCUT2D eigenvalue weighted by atomic mass is 79.9. The molecule has 3 aromatic heterocycles. The van der Waals surface area contributed by atoms with E-state index in [2.05, 4.69) is 47.6 Å². The number of hydrogen-bond acceptors (Lipinski definition) is 7. The van der Waals surface area contributed by atoms with Gasteiger partial charge < -0.3 is 4.74 Å². The molecular weight excluding hydrogens is 412 g/mol. The third-order valence-electron chi connectivity index (χ3n) is 3.89. The maximum atomic E-state index is 9.40. The van der Waals surface area contributed by atoms with Gasteiger partial charge in [-0.25, -0.2) is 14.2 Å². The van der Waals surface area contributed by atoms with Gasteiger partial charge in [0.2, 0.25) is 0 Å². The summed E-state index contributed by atoms with van der Waals surface area (Å²) in [5, 5.41) is 24.6. The number of aromatic nitrogens is 7. The Morgan fingerprint density at radius 1 is 1.33 bits per heavy atom. The molecule has 4 rings (SSSR count). The van der Waals surface area contributed by atoms with Gasteiger partial charge in [-0.15, -0.1) is 5.10 Å². The van der Waals surface area contributed by atoms with Gasteiger partial charge in [0.05, 0.1) is 28.5 Å². The van der Waals surface area contributed by atoms with Crippen molar-refractivity contribution in [2.75, 3.05) is 0 Å². The van der Waals surface area contributed by atoms with Crippen LogP contribution in [0.25, 0.3) is 16.9 Å². The molecular formula is C17H13BrN8O. The van der Waals surface area contributed by atoms with Crippen molar-refractivity contribution < 1.29 is 4.74 Å². The lowest BCUT2D eigenvalue weighted by molar-refractivity contribution is 0.192. The van der Waals surface area contributed by atoms with Gasteiger partial charge in [-0.1, -0.05) is 6.07 Å². The van der Waals surface area contributed by atoms with E-state index in [0.29, 0.717) is 23.5 Å². The monoisotopic (exact) mass is 424 g/mol. The van der Waals surface area contributed by atoms with Crippen molar-refractivity contribution in [3.63, 3.8) is 0 Å². The second-order valence-electron chi connectivity index (χ2n) is 5.86. The number of ether oxygens (including phenoxy) is 1. The van der Waals surface area contributed by atoms with Crippen molar-refractivity contribution >= 4 is 21.6 Å². The Bertz CT molecular complexity index is 1130. The van der Waals surface area contributed by atoms with Crippen molar-refractivity contribution in [1.29, 1.82) is 5.26 Å². The molecule has 0 aliphatic rings. The molecule has 0 N–H and O–H groups in total. The van der Waals surface area contributed by atoms with Crippen molar-refractivity contribution in [2.24, 2.45) is 0 Å². The first-order valence-corrected chi connectivity index (χ1v) is 8.85. The minimum atomic E-state index is -0.227. The quantitative estimate of drug-likeness (QED) is 0.484. The summed E-state index contributed by atoms with van der Waals surface area (Å²) in [5.41, 5.74) is 2.76. The Kier molecular flexibility index (Phi) is 4.52. The van der Waals surface area contributed by atoms with Crippen molar-refractivity contribution in [3.8, 4) is 23.1 Å². The summed E-state index contributed by atoms with van der Waals surface area (Å²) in [6.07, 6.45) is 4.82. The highest BCUT2D eigenvalue weighted by Crippen LogP contribution is 2.28. The Balaban J connectivity index is 1.65. The zero-order valence-corrected chi connectivity index (χ0v) is 15.8. The van der Waals surface area contributed by atoms with Crippen LogP contribution in [0, 0.1) is 11.3 Å². The lowest BCUT2D eigenvalue weighted by Crippen LogP contribution is -2.20. The van der Waals surface area contributed by atoms with E-state index in [1.807, 2.05) is 31.3 Å². The van der Waals surface area contributed by atoms with Gasteiger partial charge in [-0.2, -0.15) is 10.4 Å². The van der Waals surface area contributed by atoms with E-state index in [1.165, 1.54) is 6.33 Å². The van der Waals surface area contributed by atoms with Crippen LogP contribution in [0.3, 0.4) is 0 Å². The molecule has 0 saturated carbocycles. The number of nitrogens with zero attached hydrogens (tertiary/aromatic N) is 8. The fourth-order valence-electron chi connectivity index (χ4n) is 2.65. The number of nitriles is 1. The smallest absolute Gasteiger partial charge is 0.169 e. The first-order chi connectivity index (χ1) is 13.1. The average molecular weight is 425 g/mol. The maximum Gasteiger partial charge on any atom is 0.169 e. The highest BCUT2D eigenvalue weighted by Gasteiger charge is 2.13. The number of rotatable bonds is 5. The number of halogens is 1. The molecule has 134 valence electrons. The van der Waals surface area contributed by atoms with Gasteiger partial charge in [0, 0.05) is 11.8 Å². The zero-order valence-electron chi connectivity index (χ0n) is 14.2. The van der Waals surface area contributed by atoms with Gasteiger partial charge >= 0.3 is 0 Å². The van der Waals surface area contributed by atoms with E-state index in [1.54, 1.807) is 21.5 Å². The topological polar surface area (TPSA) is 107 Å². The predicted molar refractivity (Wildman–Crippen MR) is 98.7 cm³/mol. The SMILES string of the molecule is C[C@@H](Cn1cnnn1)Oc1cc(-c2ccn3ncc(Br)c3n2)ccc1C#N. The highest BCUT2D eigenvalue weighted by molar-refractivity contribution is 9.10. The Morgan fingerprint density at radius 2 is 2.22 bits per heavy atom. The molecule has 3 heterocycles. The van der Waals surface area contributed by atoms with E-state index < -0.39 is 0 Å². The number of benzene rings is 1. The molecule has 0 radical (unpaired) electrons. The standard InChI is InChI=1S/C17H13BrN8O/c1-11(9-25-10-20-23-24-25)27-16-6-12(2-3-13(16)7-19)15-4-5-26-17(22-15)14(18)8-21-26/h2-6,8,10-11H,9H2,1H3/t11-/m0/s1. The number of tetrazole rings is 1.